The Hall–Kier alpha value is -1.07. The van der Waals surface area contributed by atoms with Crippen LogP contribution >= 0.6 is 27.5 Å². The Kier molecular flexibility index (Phi) is 5.62. The standard InChI is InChI=1S/C12H13BrClNO3/c1-15(7-3-6-10(16)17)12(18)8-4-2-5-9(13)11(8)14/h2,4-5H,3,6-7H2,1H3,(H,16,17). The zero-order chi connectivity index (χ0) is 13.7. The number of nitrogens with zero attached hydrogens (tertiary/aromatic N) is 1. The van der Waals surface area contributed by atoms with Crippen LogP contribution in [0.3, 0.4) is 0 Å². The number of hydrogen-bond donors (Lipinski definition) is 1. The van der Waals surface area contributed by atoms with Crippen LogP contribution in [0.4, 0.5) is 0 Å². The number of carboxylic acids is 1. The third-order valence-electron chi connectivity index (χ3n) is 2.41. The topological polar surface area (TPSA) is 57.6 Å². The number of benzene rings is 1. The molecule has 1 rings (SSSR count). The predicted octanol–water partition coefficient (Wildman–Crippen LogP) is 3.04. The van der Waals surface area contributed by atoms with E-state index >= 15 is 0 Å². The highest BCUT2D eigenvalue weighted by atomic mass is 79.9. The number of rotatable bonds is 5. The lowest BCUT2D eigenvalue weighted by Crippen LogP contribution is -2.28. The van der Waals surface area contributed by atoms with Crippen LogP contribution in [0.15, 0.2) is 22.7 Å². The van der Waals surface area contributed by atoms with E-state index in [0.717, 1.165) is 0 Å². The number of carbonyl (C=O) groups excluding carboxylic acids is 1. The molecule has 0 atom stereocenters. The number of carbonyl (C=O) groups is 2. The smallest absolute Gasteiger partial charge is 0.303 e. The van der Waals surface area contributed by atoms with Gasteiger partial charge in [-0.05, 0) is 34.5 Å². The van der Waals surface area contributed by atoms with Crippen molar-refractivity contribution < 1.29 is 14.7 Å². The van der Waals surface area contributed by atoms with Crippen molar-refractivity contribution in [3.63, 3.8) is 0 Å². The molecule has 0 aromatic heterocycles. The van der Waals surface area contributed by atoms with Gasteiger partial charge in [0, 0.05) is 24.5 Å². The van der Waals surface area contributed by atoms with E-state index in [9.17, 15) is 9.59 Å². The summed E-state index contributed by atoms with van der Waals surface area (Å²) in [7, 11) is 1.63. The van der Waals surface area contributed by atoms with Crippen LogP contribution in [-0.2, 0) is 4.79 Å². The van der Waals surface area contributed by atoms with Gasteiger partial charge < -0.3 is 10.0 Å². The van der Waals surface area contributed by atoms with Crippen LogP contribution in [0, 0.1) is 0 Å². The molecule has 0 bridgehead atoms. The Bertz CT molecular complexity index is 465. The highest BCUT2D eigenvalue weighted by Gasteiger charge is 2.16. The van der Waals surface area contributed by atoms with E-state index in [4.69, 9.17) is 16.7 Å². The maximum absolute atomic E-state index is 12.1. The van der Waals surface area contributed by atoms with E-state index in [-0.39, 0.29) is 12.3 Å². The first-order valence-electron chi connectivity index (χ1n) is 5.34. The molecule has 0 saturated heterocycles. The third-order valence-corrected chi connectivity index (χ3v) is 3.71. The van der Waals surface area contributed by atoms with Crippen LogP contribution in [0.2, 0.25) is 5.02 Å². The van der Waals surface area contributed by atoms with Gasteiger partial charge in [0.05, 0.1) is 10.6 Å². The normalized spacial score (nSPS) is 10.2. The summed E-state index contributed by atoms with van der Waals surface area (Å²) < 4.78 is 0.661. The molecule has 1 aromatic carbocycles. The number of amides is 1. The molecule has 0 aliphatic heterocycles. The number of hydrogen-bond acceptors (Lipinski definition) is 2. The fourth-order valence-corrected chi connectivity index (χ4v) is 2.02. The third kappa shape index (κ3) is 3.99. The summed E-state index contributed by atoms with van der Waals surface area (Å²) in [6, 6.07) is 5.13. The Morgan fingerprint density at radius 3 is 2.72 bits per heavy atom. The zero-order valence-electron chi connectivity index (χ0n) is 9.82. The first-order valence-corrected chi connectivity index (χ1v) is 6.52. The second-order valence-corrected chi connectivity index (χ2v) is 5.06. The van der Waals surface area contributed by atoms with Crippen molar-refractivity contribution in [1.29, 1.82) is 0 Å². The van der Waals surface area contributed by atoms with Crippen molar-refractivity contribution in [2.24, 2.45) is 0 Å². The lowest BCUT2D eigenvalue weighted by molar-refractivity contribution is -0.137. The molecule has 0 radical (unpaired) electrons. The predicted molar refractivity (Wildman–Crippen MR) is 73.0 cm³/mol. The molecule has 0 aliphatic rings. The SMILES string of the molecule is CN(CCCC(=O)O)C(=O)c1cccc(Br)c1Cl. The van der Waals surface area contributed by atoms with Gasteiger partial charge >= 0.3 is 5.97 Å². The van der Waals surface area contributed by atoms with E-state index < -0.39 is 5.97 Å². The molecule has 0 heterocycles. The average Bonchev–Trinajstić information content (AvgIpc) is 2.31. The quantitative estimate of drug-likeness (QED) is 0.900. The summed E-state index contributed by atoms with van der Waals surface area (Å²) in [5, 5.41) is 8.90. The molecule has 98 valence electrons. The largest absolute Gasteiger partial charge is 0.481 e. The highest BCUT2D eigenvalue weighted by Crippen LogP contribution is 2.26. The minimum atomic E-state index is -0.865. The van der Waals surface area contributed by atoms with Crippen LogP contribution < -0.4 is 0 Å². The first kappa shape index (κ1) is 15.0. The van der Waals surface area contributed by atoms with Crippen LogP contribution in [0.25, 0.3) is 0 Å². The van der Waals surface area contributed by atoms with Gasteiger partial charge in [-0.25, -0.2) is 0 Å². The zero-order valence-corrected chi connectivity index (χ0v) is 12.2. The van der Waals surface area contributed by atoms with Gasteiger partial charge in [-0.15, -0.1) is 0 Å². The fraction of sp³-hybridized carbons (Fsp3) is 0.333. The second kappa shape index (κ2) is 6.75. The van der Waals surface area contributed by atoms with Crippen LogP contribution in [0.5, 0.6) is 0 Å². The molecule has 1 aromatic rings. The van der Waals surface area contributed by atoms with Gasteiger partial charge in [-0.1, -0.05) is 17.7 Å². The summed E-state index contributed by atoms with van der Waals surface area (Å²) in [6.07, 6.45) is 0.465. The molecule has 6 heteroatoms. The maximum atomic E-state index is 12.1. The Morgan fingerprint density at radius 1 is 1.44 bits per heavy atom. The number of carboxylic acid groups (broad SMARTS) is 1. The molecule has 4 nitrogen and oxygen atoms in total. The molecule has 1 amide bonds. The summed E-state index contributed by atoms with van der Waals surface area (Å²) in [5.74, 6) is -1.08. The monoisotopic (exact) mass is 333 g/mol. The molecular formula is C12H13BrClNO3. The van der Waals surface area contributed by atoms with E-state index in [1.807, 2.05) is 0 Å². The summed E-state index contributed by atoms with van der Waals surface area (Å²) in [5.41, 5.74) is 0.406. The van der Waals surface area contributed by atoms with Gasteiger partial charge in [0.15, 0.2) is 0 Å². The van der Waals surface area contributed by atoms with Crippen LogP contribution in [-0.4, -0.2) is 35.5 Å². The molecule has 0 spiro atoms. The van der Waals surface area contributed by atoms with Crippen molar-refractivity contribution in [1.82, 2.24) is 4.90 Å². The van der Waals surface area contributed by atoms with E-state index in [1.165, 1.54) is 4.90 Å². The average molecular weight is 335 g/mol. The molecule has 0 aliphatic carbocycles. The molecule has 0 saturated carbocycles. The van der Waals surface area contributed by atoms with Crippen molar-refractivity contribution in [2.45, 2.75) is 12.8 Å². The van der Waals surface area contributed by atoms with Crippen molar-refractivity contribution in [2.75, 3.05) is 13.6 Å². The fourth-order valence-electron chi connectivity index (χ4n) is 1.44. The minimum Gasteiger partial charge on any atom is -0.481 e. The lowest BCUT2D eigenvalue weighted by Gasteiger charge is -2.17. The van der Waals surface area contributed by atoms with E-state index in [1.54, 1.807) is 25.2 Å². The Labute approximate surface area is 119 Å². The molecule has 1 N–H and O–H groups in total. The Morgan fingerprint density at radius 2 is 2.11 bits per heavy atom. The number of halogens is 2. The van der Waals surface area contributed by atoms with Gasteiger partial charge in [0.25, 0.3) is 5.91 Å². The second-order valence-electron chi connectivity index (χ2n) is 3.83. The van der Waals surface area contributed by atoms with Crippen LogP contribution in [0.1, 0.15) is 23.2 Å². The lowest BCUT2D eigenvalue weighted by atomic mass is 10.2. The van der Waals surface area contributed by atoms with E-state index in [2.05, 4.69) is 15.9 Å². The maximum Gasteiger partial charge on any atom is 0.303 e. The first-order chi connectivity index (χ1) is 8.43. The van der Waals surface area contributed by atoms with Crippen molar-refractivity contribution >= 4 is 39.4 Å². The van der Waals surface area contributed by atoms with Gasteiger partial charge in [0.1, 0.15) is 0 Å². The molecule has 18 heavy (non-hydrogen) atoms. The number of aliphatic carboxylic acids is 1. The summed E-state index contributed by atoms with van der Waals surface area (Å²) >= 11 is 9.28. The van der Waals surface area contributed by atoms with Gasteiger partial charge in [0.2, 0.25) is 0 Å². The van der Waals surface area contributed by atoms with Crippen molar-refractivity contribution in [3.05, 3.63) is 33.3 Å². The Balaban J connectivity index is 2.69. The van der Waals surface area contributed by atoms with Crippen molar-refractivity contribution in [3.8, 4) is 0 Å². The summed E-state index contributed by atoms with van der Waals surface area (Å²) in [6.45, 7) is 0.383. The molecule has 0 fully saturated rings. The van der Waals surface area contributed by atoms with Gasteiger partial charge in [-0.2, -0.15) is 0 Å². The highest BCUT2D eigenvalue weighted by molar-refractivity contribution is 9.10. The minimum absolute atomic E-state index is 0.0455. The summed E-state index contributed by atoms with van der Waals surface area (Å²) in [4.78, 5) is 23.9. The van der Waals surface area contributed by atoms with E-state index in [0.29, 0.717) is 28.0 Å². The molecule has 0 unspecified atom stereocenters. The molecular weight excluding hydrogens is 321 g/mol. The van der Waals surface area contributed by atoms with Gasteiger partial charge in [-0.3, -0.25) is 9.59 Å².